The molecule has 7 nitrogen and oxygen atoms in total. The minimum Gasteiger partial charge on any atom is -0.462 e. The predicted molar refractivity (Wildman–Crippen MR) is 77.2 cm³/mol. The van der Waals surface area contributed by atoms with Crippen LogP contribution in [0.2, 0.25) is 0 Å². The summed E-state index contributed by atoms with van der Waals surface area (Å²) in [5, 5.41) is 23.8. The van der Waals surface area contributed by atoms with Crippen molar-refractivity contribution in [2.75, 3.05) is 27.2 Å². The number of furan rings is 1. The predicted octanol–water partition coefficient (Wildman–Crippen LogP) is 0.797. The van der Waals surface area contributed by atoms with Gasteiger partial charge in [-0.2, -0.15) is 10.5 Å². The fourth-order valence-electron chi connectivity index (χ4n) is 1.69. The van der Waals surface area contributed by atoms with Crippen LogP contribution in [0, 0.1) is 28.6 Å². The van der Waals surface area contributed by atoms with Gasteiger partial charge in [-0.3, -0.25) is 4.99 Å². The lowest BCUT2D eigenvalue weighted by atomic mass is 10.2. The first-order chi connectivity index (χ1) is 10.2. The average Bonchev–Trinajstić information content (AvgIpc) is 2.94. The molecular weight excluding hydrogens is 270 g/mol. The lowest BCUT2D eigenvalue weighted by Gasteiger charge is -2.09. The highest BCUT2D eigenvalue weighted by Gasteiger charge is 2.12. The standard InChI is InChI=1S/C14H19N5O2/c1-17-14(11(7-15)8-16)19-6-5-18-9-12-3-4-13(21-12)10-20-2/h3-4,11,18H,5-6,9-10H2,1-2H3,(H,17,19). The molecule has 2 N–H and O–H groups in total. The number of rotatable bonds is 8. The van der Waals surface area contributed by atoms with Gasteiger partial charge in [-0.15, -0.1) is 0 Å². The Bertz CT molecular complexity index is 524. The Morgan fingerprint density at radius 2 is 2.05 bits per heavy atom. The average molecular weight is 289 g/mol. The van der Waals surface area contributed by atoms with E-state index in [1.807, 2.05) is 24.3 Å². The van der Waals surface area contributed by atoms with Gasteiger partial charge in [0.1, 0.15) is 24.0 Å². The second-order valence-corrected chi connectivity index (χ2v) is 4.20. The summed E-state index contributed by atoms with van der Waals surface area (Å²) in [4.78, 5) is 3.91. The molecule has 0 aromatic carbocycles. The van der Waals surface area contributed by atoms with Gasteiger partial charge in [-0.25, -0.2) is 0 Å². The number of hydrogen-bond donors (Lipinski definition) is 2. The van der Waals surface area contributed by atoms with E-state index in [0.717, 1.165) is 11.5 Å². The quantitative estimate of drug-likeness (QED) is 0.416. The van der Waals surface area contributed by atoms with E-state index in [1.54, 1.807) is 14.2 Å². The van der Waals surface area contributed by atoms with Crippen molar-refractivity contribution in [1.29, 1.82) is 10.5 Å². The molecule has 0 spiro atoms. The summed E-state index contributed by atoms with van der Waals surface area (Å²) < 4.78 is 10.5. The third kappa shape index (κ3) is 5.65. The lowest BCUT2D eigenvalue weighted by Crippen LogP contribution is -2.35. The molecule has 0 fully saturated rings. The Balaban J connectivity index is 2.25. The van der Waals surface area contributed by atoms with Crippen molar-refractivity contribution in [2.45, 2.75) is 13.2 Å². The molecule has 1 aromatic heterocycles. The highest BCUT2D eigenvalue weighted by Crippen LogP contribution is 2.08. The summed E-state index contributed by atoms with van der Waals surface area (Å²) in [5.41, 5.74) is 0. The monoisotopic (exact) mass is 289 g/mol. The molecule has 0 radical (unpaired) electrons. The normalized spacial score (nSPS) is 11.2. The molecule has 1 heterocycles. The van der Waals surface area contributed by atoms with Crippen molar-refractivity contribution in [3.05, 3.63) is 23.7 Å². The third-order valence-corrected chi connectivity index (χ3v) is 2.68. The van der Waals surface area contributed by atoms with E-state index in [0.29, 0.717) is 32.1 Å². The molecular formula is C14H19N5O2. The van der Waals surface area contributed by atoms with Crippen molar-refractivity contribution >= 4 is 5.84 Å². The van der Waals surface area contributed by atoms with Gasteiger partial charge in [0.2, 0.25) is 0 Å². The van der Waals surface area contributed by atoms with Crippen molar-refractivity contribution in [2.24, 2.45) is 10.9 Å². The van der Waals surface area contributed by atoms with Crippen molar-refractivity contribution < 1.29 is 9.15 Å². The SMILES string of the molecule is CN=C(NCCNCc1ccc(COC)o1)C(C#N)C#N. The summed E-state index contributed by atoms with van der Waals surface area (Å²) in [6, 6.07) is 7.54. The van der Waals surface area contributed by atoms with E-state index in [4.69, 9.17) is 19.7 Å². The first-order valence-corrected chi connectivity index (χ1v) is 6.52. The Morgan fingerprint density at radius 3 is 2.67 bits per heavy atom. The molecule has 0 amide bonds. The van der Waals surface area contributed by atoms with Gasteiger partial charge in [-0.1, -0.05) is 0 Å². The van der Waals surface area contributed by atoms with Gasteiger partial charge in [-0.05, 0) is 12.1 Å². The van der Waals surface area contributed by atoms with Gasteiger partial charge in [0.25, 0.3) is 0 Å². The second-order valence-electron chi connectivity index (χ2n) is 4.20. The molecule has 0 saturated heterocycles. The second kappa shape index (κ2) is 9.54. The van der Waals surface area contributed by atoms with Crippen LogP contribution in [0.15, 0.2) is 21.5 Å². The number of hydrogen-bond acceptors (Lipinski definition) is 6. The molecule has 0 bridgehead atoms. The van der Waals surface area contributed by atoms with E-state index >= 15 is 0 Å². The smallest absolute Gasteiger partial charge is 0.189 e. The van der Waals surface area contributed by atoms with E-state index in [2.05, 4.69) is 15.6 Å². The number of amidine groups is 1. The van der Waals surface area contributed by atoms with Crippen LogP contribution in [0.4, 0.5) is 0 Å². The van der Waals surface area contributed by atoms with Gasteiger partial charge in [0, 0.05) is 27.2 Å². The summed E-state index contributed by atoms with van der Waals surface area (Å²) in [7, 11) is 3.17. The number of nitrogens with one attached hydrogen (secondary N) is 2. The first kappa shape index (κ1) is 16.7. The van der Waals surface area contributed by atoms with Crippen molar-refractivity contribution in [3.63, 3.8) is 0 Å². The van der Waals surface area contributed by atoms with Crippen molar-refractivity contribution in [3.8, 4) is 12.1 Å². The topological polar surface area (TPSA) is 106 Å². The van der Waals surface area contributed by atoms with Gasteiger partial charge < -0.3 is 19.8 Å². The van der Waals surface area contributed by atoms with Crippen LogP contribution in [0.3, 0.4) is 0 Å². The first-order valence-electron chi connectivity index (χ1n) is 6.52. The van der Waals surface area contributed by atoms with Crippen molar-refractivity contribution in [1.82, 2.24) is 10.6 Å². The lowest BCUT2D eigenvalue weighted by molar-refractivity contribution is 0.162. The molecule has 0 aliphatic rings. The van der Waals surface area contributed by atoms with E-state index in [9.17, 15) is 0 Å². The maximum atomic E-state index is 8.79. The van der Waals surface area contributed by atoms with E-state index < -0.39 is 5.92 Å². The maximum absolute atomic E-state index is 8.79. The van der Waals surface area contributed by atoms with E-state index in [-0.39, 0.29) is 0 Å². The van der Waals surface area contributed by atoms with E-state index in [1.165, 1.54) is 0 Å². The largest absolute Gasteiger partial charge is 0.462 e. The Labute approximate surface area is 124 Å². The Hall–Kier alpha value is -2.35. The fourth-order valence-corrected chi connectivity index (χ4v) is 1.69. The minimum absolute atomic E-state index is 0.391. The fraction of sp³-hybridized carbons (Fsp3) is 0.500. The highest BCUT2D eigenvalue weighted by molar-refractivity contribution is 5.88. The summed E-state index contributed by atoms with van der Waals surface area (Å²) >= 11 is 0. The van der Waals surface area contributed by atoms with Gasteiger partial charge in [0.05, 0.1) is 18.7 Å². The van der Waals surface area contributed by atoms with Crippen LogP contribution in [0.1, 0.15) is 11.5 Å². The van der Waals surface area contributed by atoms with Gasteiger partial charge >= 0.3 is 0 Å². The summed E-state index contributed by atoms with van der Waals surface area (Å²) in [5.74, 6) is 1.16. The minimum atomic E-state index is -0.850. The Kier molecular flexibility index (Phi) is 7.59. The number of nitriles is 2. The summed E-state index contributed by atoms with van der Waals surface area (Å²) in [6.45, 7) is 2.28. The van der Waals surface area contributed by atoms with Crippen LogP contribution in [-0.2, 0) is 17.9 Å². The van der Waals surface area contributed by atoms with Crippen LogP contribution >= 0.6 is 0 Å². The molecule has 0 atom stereocenters. The third-order valence-electron chi connectivity index (χ3n) is 2.68. The van der Waals surface area contributed by atoms with Crippen LogP contribution in [0.5, 0.6) is 0 Å². The number of methoxy groups -OCH3 is 1. The summed E-state index contributed by atoms with van der Waals surface area (Å²) in [6.07, 6.45) is 0. The van der Waals surface area contributed by atoms with Gasteiger partial charge in [0.15, 0.2) is 5.92 Å². The molecule has 0 unspecified atom stereocenters. The van der Waals surface area contributed by atoms with Crippen LogP contribution < -0.4 is 10.6 Å². The number of nitrogens with zero attached hydrogens (tertiary/aromatic N) is 3. The molecule has 112 valence electrons. The molecule has 0 aliphatic carbocycles. The molecule has 21 heavy (non-hydrogen) atoms. The zero-order chi connectivity index (χ0) is 15.5. The highest BCUT2D eigenvalue weighted by atomic mass is 16.5. The molecule has 1 aromatic rings. The molecule has 1 rings (SSSR count). The zero-order valence-corrected chi connectivity index (χ0v) is 12.2. The Morgan fingerprint density at radius 1 is 1.33 bits per heavy atom. The molecule has 0 aliphatic heterocycles. The molecule has 0 saturated carbocycles. The molecule has 7 heteroatoms. The number of ether oxygens (including phenoxy) is 1. The zero-order valence-electron chi connectivity index (χ0n) is 12.2. The van der Waals surface area contributed by atoms with Crippen LogP contribution in [0.25, 0.3) is 0 Å². The number of aliphatic imine (C=N–C) groups is 1. The van der Waals surface area contributed by atoms with Crippen LogP contribution in [-0.4, -0.2) is 33.1 Å². The maximum Gasteiger partial charge on any atom is 0.189 e.